The highest BCUT2D eigenvalue weighted by atomic mass is 16.3. The standard InChI is InChI=1S/C19H35NO/c1-4-6-8-10-14-19(3,15-11-9-7-5-2)20-17-18-13-12-16-21-18/h12-13,16,20H,4-11,14-15,17H2,1-3H3. The topological polar surface area (TPSA) is 25.2 Å². The Balaban J connectivity index is 2.38. The first-order chi connectivity index (χ1) is 10.2. The Labute approximate surface area is 131 Å². The van der Waals surface area contributed by atoms with E-state index in [1.54, 1.807) is 6.26 Å². The van der Waals surface area contributed by atoms with Crippen LogP contribution in [-0.2, 0) is 6.54 Å². The molecule has 0 aliphatic carbocycles. The molecule has 1 rings (SSSR count). The Hall–Kier alpha value is -0.760. The highest BCUT2D eigenvalue weighted by molar-refractivity contribution is 4.99. The van der Waals surface area contributed by atoms with Gasteiger partial charge in [-0.15, -0.1) is 0 Å². The van der Waals surface area contributed by atoms with Gasteiger partial charge in [-0.2, -0.15) is 0 Å². The molecule has 21 heavy (non-hydrogen) atoms. The van der Waals surface area contributed by atoms with Gasteiger partial charge in [-0.1, -0.05) is 65.2 Å². The third-order valence-electron chi connectivity index (χ3n) is 4.43. The van der Waals surface area contributed by atoms with E-state index in [0.717, 1.165) is 12.3 Å². The molecule has 2 nitrogen and oxygen atoms in total. The highest BCUT2D eigenvalue weighted by Crippen LogP contribution is 2.23. The maximum Gasteiger partial charge on any atom is 0.117 e. The Bertz CT molecular complexity index is 319. The molecule has 0 unspecified atom stereocenters. The van der Waals surface area contributed by atoms with Crippen molar-refractivity contribution in [3.05, 3.63) is 24.2 Å². The molecule has 122 valence electrons. The van der Waals surface area contributed by atoms with Crippen LogP contribution in [0.5, 0.6) is 0 Å². The molecule has 2 heteroatoms. The minimum atomic E-state index is 0.258. The molecule has 0 saturated heterocycles. The van der Waals surface area contributed by atoms with E-state index >= 15 is 0 Å². The van der Waals surface area contributed by atoms with Crippen molar-refractivity contribution < 1.29 is 4.42 Å². The maximum atomic E-state index is 5.45. The SMILES string of the molecule is CCCCCCC(C)(CCCCCC)NCc1ccco1. The van der Waals surface area contributed by atoms with Crippen LogP contribution in [0.15, 0.2) is 22.8 Å². The lowest BCUT2D eigenvalue weighted by molar-refractivity contribution is 0.275. The monoisotopic (exact) mass is 293 g/mol. The van der Waals surface area contributed by atoms with Crippen molar-refractivity contribution in [2.45, 2.75) is 97.1 Å². The maximum absolute atomic E-state index is 5.45. The zero-order valence-corrected chi connectivity index (χ0v) is 14.4. The summed E-state index contributed by atoms with van der Waals surface area (Å²) in [4.78, 5) is 0. The second-order valence-electron chi connectivity index (χ2n) is 6.61. The van der Waals surface area contributed by atoms with Crippen LogP contribution in [-0.4, -0.2) is 5.54 Å². The van der Waals surface area contributed by atoms with Crippen molar-refractivity contribution in [1.29, 1.82) is 0 Å². The van der Waals surface area contributed by atoms with Crippen molar-refractivity contribution in [3.63, 3.8) is 0 Å². The van der Waals surface area contributed by atoms with Crippen LogP contribution in [0.1, 0.15) is 90.7 Å². The Morgan fingerprint density at radius 2 is 1.57 bits per heavy atom. The van der Waals surface area contributed by atoms with Crippen LogP contribution < -0.4 is 5.32 Å². The van der Waals surface area contributed by atoms with Gasteiger partial charge in [0.1, 0.15) is 5.76 Å². The number of rotatable bonds is 13. The van der Waals surface area contributed by atoms with Crippen LogP contribution in [0, 0.1) is 0 Å². The van der Waals surface area contributed by atoms with E-state index in [-0.39, 0.29) is 5.54 Å². The van der Waals surface area contributed by atoms with Crippen LogP contribution >= 0.6 is 0 Å². The Morgan fingerprint density at radius 3 is 2.05 bits per heavy atom. The van der Waals surface area contributed by atoms with E-state index in [4.69, 9.17) is 4.42 Å². The summed E-state index contributed by atoms with van der Waals surface area (Å²) < 4.78 is 5.45. The first-order valence-electron chi connectivity index (χ1n) is 8.97. The molecule has 0 fully saturated rings. The predicted molar refractivity (Wildman–Crippen MR) is 91.5 cm³/mol. The van der Waals surface area contributed by atoms with E-state index in [0.29, 0.717) is 0 Å². The summed E-state index contributed by atoms with van der Waals surface area (Å²) in [6.07, 6.45) is 15.1. The molecular weight excluding hydrogens is 258 g/mol. The van der Waals surface area contributed by atoms with Gasteiger partial charge in [0.15, 0.2) is 0 Å². The van der Waals surface area contributed by atoms with Crippen LogP contribution in [0.4, 0.5) is 0 Å². The van der Waals surface area contributed by atoms with E-state index in [1.807, 2.05) is 6.07 Å². The molecule has 0 aliphatic rings. The zero-order chi connectivity index (χ0) is 15.4. The lowest BCUT2D eigenvalue weighted by Crippen LogP contribution is -2.41. The van der Waals surface area contributed by atoms with Gasteiger partial charge >= 0.3 is 0 Å². The fourth-order valence-electron chi connectivity index (χ4n) is 2.90. The summed E-state index contributed by atoms with van der Waals surface area (Å²) in [5.41, 5.74) is 0.258. The molecule has 1 aromatic heterocycles. The van der Waals surface area contributed by atoms with Crippen molar-refractivity contribution >= 4 is 0 Å². The van der Waals surface area contributed by atoms with Gasteiger partial charge in [0.25, 0.3) is 0 Å². The first kappa shape index (κ1) is 18.3. The Morgan fingerprint density at radius 1 is 0.952 bits per heavy atom. The molecule has 0 saturated carbocycles. The third-order valence-corrected chi connectivity index (χ3v) is 4.43. The minimum absolute atomic E-state index is 0.258. The third kappa shape index (κ3) is 8.31. The summed E-state index contributed by atoms with van der Waals surface area (Å²) in [7, 11) is 0. The summed E-state index contributed by atoms with van der Waals surface area (Å²) in [6, 6.07) is 4.03. The van der Waals surface area contributed by atoms with Crippen LogP contribution in [0.25, 0.3) is 0 Å². The number of hydrogen-bond acceptors (Lipinski definition) is 2. The molecule has 0 bridgehead atoms. The predicted octanol–water partition coefficient (Wildman–Crippen LogP) is 6.07. The van der Waals surface area contributed by atoms with Gasteiger partial charge in [0.2, 0.25) is 0 Å². The normalized spacial score (nSPS) is 12.0. The summed E-state index contributed by atoms with van der Waals surface area (Å²) in [5.74, 6) is 1.04. The second kappa shape index (κ2) is 10.9. The minimum Gasteiger partial charge on any atom is -0.468 e. The number of hydrogen-bond donors (Lipinski definition) is 1. The number of furan rings is 1. The molecule has 1 heterocycles. The largest absolute Gasteiger partial charge is 0.468 e. The summed E-state index contributed by atoms with van der Waals surface area (Å²) in [6.45, 7) is 7.80. The number of unbranched alkanes of at least 4 members (excludes halogenated alkanes) is 6. The molecule has 0 aromatic carbocycles. The van der Waals surface area contributed by atoms with Crippen LogP contribution in [0.3, 0.4) is 0 Å². The van der Waals surface area contributed by atoms with Crippen molar-refractivity contribution in [2.24, 2.45) is 0 Å². The molecule has 0 atom stereocenters. The smallest absolute Gasteiger partial charge is 0.117 e. The lowest BCUT2D eigenvalue weighted by Gasteiger charge is -2.31. The quantitative estimate of drug-likeness (QED) is 0.447. The average Bonchev–Trinajstić information content (AvgIpc) is 3.00. The van der Waals surface area contributed by atoms with Crippen molar-refractivity contribution in [2.75, 3.05) is 0 Å². The fourth-order valence-corrected chi connectivity index (χ4v) is 2.90. The first-order valence-corrected chi connectivity index (χ1v) is 8.97. The van der Waals surface area contributed by atoms with Crippen molar-refractivity contribution in [3.8, 4) is 0 Å². The zero-order valence-electron chi connectivity index (χ0n) is 14.4. The molecule has 0 amide bonds. The molecule has 0 aliphatic heterocycles. The van der Waals surface area contributed by atoms with E-state index in [9.17, 15) is 0 Å². The summed E-state index contributed by atoms with van der Waals surface area (Å²) >= 11 is 0. The second-order valence-corrected chi connectivity index (χ2v) is 6.61. The molecular formula is C19H35NO. The van der Waals surface area contributed by atoms with Gasteiger partial charge in [-0.05, 0) is 31.9 Å². The lowest BCUT2D eigenvalue weighted by atomic mass is 9.88. The highest BCUT2D eigenvalue weighted by Gasteiger charge is 2.22. The van der Waals surface area contributed by atoms with Crippen molar-refractivity contribution in [1.82, 2.24) is 5.32 Å². The summed E-state index contributed by atoms with van der Waals surface area (Å²) in [5, 5.41) is 3.76. The number of nitrogens with one attached hydrogen (secondary N) is 1. The molecule has 1 aromatic rings. The van der Waals surface area contributed by atoms with Gasteiger partial charge in [0.05, 0.1) is 12.8 Å². The van der Waals surface area contributed by atoms with Gasteiger partial charge < -0.3 is 9.73 Å². The van der Waals surface area contributed by atoms with E-state index in [1.165, 1.54) is 64.2 Å². The molecule has 0 spiro atoms. The fraction of sp³-hybridized carbons (Fsp3) is 0.789. The van der Waals surface area contributed by atoms with Gasteiger partial charge in [-0.25, -0.2) is 0 Å². The van der Waals surface area contributed by atoms with E-state index < -0.39 is 0 Å². The van der Waals surface area contributed by atoms with E-state index in [2.05, 4.69) is 32.2 Å². The Kier molecular flexibility index (Phi) is 9.49. The van der Waals surface area contributed by atoms with Gasteiger partial charge in [-0.3, -0.25) is 0 Å². The van der Waals surface area contributed by atoms with Gasteiger partial charge in [0, 0.05) is 5.54 Å². The average molecular weight is 293 g/mol. The molecule has 0 radical (unpaired) electrons. The molecule has 1 N–H and O–H groups in total. The van der Waals surface area contributed by atoms with Crippen LogP contribution in [0.2, 0.25) is 0 Å².